The highest BCUT2D eigenvalue weighted by Crippen LogP contribution is 2.23. The number of aryl methyl sites for hydroxylation is 1. The smallest absolute Gasteiger partial charge is 0.223 e. The molecule has 0 aliphatic carbocycles. The van der Waals surface area contributed by atoms with E-state index in [1.165, 1.54) is 16.5 Å². The number of rotatable bonds is 6. The summed E-state index contributed by atoms with van der Waals surface area (Å²) in [4.78, 5) is 23.0. The maximum atomic E-state index is 13.0. The van der Waals surface area contributed by atoms with Gasteiger partial charge in [-0.3, -0.25) is 9.78 Å². The molecule has 4 aromatic rings. The molecule has 32 heavy (non-hydrogen) atoms. The summed E-state index contributed by atoms with van der Waals surface area (Å²) in [6, 6.07) is 24.6. The molecule has 162 valence electrons. The van der Waals surface area contributed by atoms with Crippen LogP contribution < -0.4 is 0 Å². The third-order valence-electron chi connectivity index (χ3n) is 6.09. The lowest BCUT2D eigenvalue weighted by atomic mass is 10.1. The van der Waals surface area contributed by atoms with E-state index in [1.54, 1.807) is 0 Å². The van der Waals surface area contributed by atoms with Gasteiger partial charge in [-0.05, 0) is 35.7 Å². The largest absolute Gasteiger partial charge is 0.368 e. The van der Waals surface area contributed by atoms with E-state index in [-0.39, 0.29) is 12.0 Å². The number of carbonyl (C=O) groups excluding carboxylic acids is 1. The van der Waals surface area contributed by atoms with Crippen molar-refractivity contribution in [1.29, 1.82) is 0 Å². The van der Waals surface area contributed by atoms with Gasteiger partial charge in [0.15, 0.2) is 0 Å². The van der Waals surface area contributed by atoms with Gasteiger partial charge in [0.1, 0.15) is 6.10 Å². The number of para-hydroxylation sites is 1. The molecule has 0 spiro atoms. The van der Waals surface area contributed by atoms with Crippen LogP contribution in [0.3, 0.4) is 0 Å². The van der Waals surface area contributed by atoms with Crippen LogP contribution in [-0.4, -0.2) is 40.5 Å². The fraction of sp³-hybridized carbons (Fsp3) is 0.259. The lowest BCUT2D eigenvalue weighted by molar-refractivity contribution is -0.139. The predicted octanol–water partition coefficient (Wildman–Crippen LogP) is 4.69. The van der Waals surface area contributed by atoms with E-state index in [4.69, 9.17) is 9.72 Å². The maximum absolute atomic E-state index is 13.0. The molecule has 3 heterocycles. The molecule has 5 rings (SSSR count). The van der Waals surface area contributed by atoms with Crippen LogP contribution in [0, 0.1) is 0 Å². The second-order valence-corrected chi connectivity index (χ2v) is 8.27. The van der Waals surface area contributed by atoms with Gasteiger partial charge in [-0.25, -0.2) is 0 Å². The predicted molar refractivity (Wildman–Crippen MR) is 125 cm³/mol. The number of ether oxygens (including phenoxy) is 1. The van der Waals surface area contributed by atoms with E-state index < -0.39 is 0 Å². The molecule has 1 atom stereocenters. The topological polar surface area (TPSA) is 58.2 Å². The van der Waals surface area contributed by atoms with Gasteiger partial charge < -0.3 is 14.6 Å². The van der Waals surface area contributed by atoms with Crippen molar-refractivity contribution in [2.24, 2.45) is 0 Å². The fourth-order valence-electron chi connectivity index (χ4n) is 4.37. The average Bonchev–Trinajstić information content (AvgIpc) is 3.26. The van der Waals surface area contributed by atoms with E-state index in [0.29, 0.717) is 26.1 Å². The number of amides is 1. The molecular formula is C27H27N3O2. The molecule has 2 aromatic heterocycles. The Bertz CT molecular complexity index is 1200. The zero-order chi connectivity index (χ0) is 21.8. The first-order valence-corrected chi connectivity index (χ1v) is 11.2. The molecule has 1 N–H and O–H groups in total. The number of benzene rings is 2. The number of aromatic nitrogens is 2. The third kappa shape index (κ3) is 4.58. The maximum Gasteiger partial charge on any atom is 0.223 e. The number of hydrogen-bond acceptors (Lipinski definition) is 3. The quantitative estimate of drug-likeness (QED) is 0.488. The number of nitrogens with zero attached hydrogens (tertiary/aromatic N) is 2. The van der Waals surface area contributed by atoms with Crippen LogP contribution >= 0.6 is 0 Å². The average molecular weight is 426 g/mol. The summed E-state index contributed by atoms with van der Waals surface area (Å²) in [5.41, 5.74) is 5.44. The van der Waals surface area contributed by atoms with Crippen LogP contribution in [0.25, 0.3) is 10.9 Å². The molecular weight excluding hydrogens is 398 g/mol. The van der Waals surface area contributed by atoms with Crippen LogP contribution in [0.2, 0.25) is 0 Å². The number of nitrogens with one attached hydrogen (secondary N) is 1. The summed E-state index contributed by atoms with van der Waals surface area (Å²) in [5.74, 6) is 0.170. The van der Waals surface area contributed by atoms with Crippen molar-refractivity contribution in [3.63, 3.8) is 0 Å². The van der Waals surface area contributed by atoms with Gasteiger partial charge in [-0.2, -0.15) is 0 Å². The Kier molecular flexibility index (Phi) is 5.99. The van der Waals surface area contributed by atoms with Crippen LogP contribution in [0.1, 0.15) is 35.0 Å². The lowest BCUT2D eigenvalue weighted by Crippen LogP contribution is -2.42. The molecule has 0 saturated carbocycles. The minimum atomic E-state index is -0.184. The molecule has 5 nitrogen and oxygen atoms in total. The van der Waals surface area contributed by atoms with E-state index in [0.717, 1.165) is 29.7 Å². The molecule has 0 radical (unpaired) electrons. The zero-order valence-electron chi connectivity index (χ0n) is 18.0. The number of hydrogen-bond donors (Lipinski definition) is 1. The van der Waals surface area contributed by atoms with Crippen molar-refractivity contribution < 1.29 is 9.53 Å². The molecule has 1 amide bonds. The first-order valence-electron chi connectivity index (χ1n) is 11.2. The highest BCUT2D eigenvalue weighted by Gasteiger charge is 2.26. The monoisotopic (exact) mass is 425 g/mol. The SMILES string of the molecule is O=C(CCc1c[nH]c2ccccc12)N1CCOC(c2cccc(Cc3ccccc3)n2)C1. The van der Waals surface area contributed by atoms with Crippen molar-refractivity contribution in [3.8, 4) is 0 Å². The van der Waals surface area contributed by atoms with Crippen LogP contribution in [0.5, 0.6) is 0 Å². The van der Waals surface area contributed by atoms with Crippen LogP contribution in [0.15, 0.2) is 79.0 Å². The molecule has 1 saturated heterocycles. The molecule has 1 aliphatic rings. The summed E-state index contributed by atoms with van der Waals surface area (Å²) in [6.45, 7) is 1.72. The van der Waals surface area contributed by atoms with Crippen molar-refractivity contribution in [1.82, 2.24) is 14.9 Å². The summed E-state index contributed by atoms with van der Waals surface area (Å²) in [7, 11) is 0. The highest BCUT2D eigenvalue weighted by atomic mass is 16.5. The third-order valence-corrected chi connectivity index (χ3v) is 6.09. The Hall–Kier alpha value is -3.44. The summed E-state index contributed by atoms with van der Waals surface area (Å²) < 4.78 is 6.00. The Morgan fingerprint density at radius 2 is 1.88 bits per heavy atom. The van der Waals surface area contributed by atoms with E-state index in [9.17, 15) is 4.79 Å². The van der Waals surface area contributed by atoms with Gasteiger partial charge in [0.2, 0.25) is 5.91 Å². The zero-order valence-corrected chi connectivity index (χ0v) is 18.0. The second kappa shape index (κ2) is 9.37. The van der Waals surface area contributed by atoms with Gasteiger partial charge in [0, 0.05) is 42.2 Å². The Morgan fingerprint density at radius 1 is 1.03 bits per heavy atom. The summed E-state index contributed by atoms with van der Waals surface area (Å²) in [5, 5.41) is 1.19. The first-order chi connectivity index (χ1) is 15.8. The minimum absolute atomic E-state index is 0.170. The van der Waals surface area contributed by atoms with Crippen molar-refractivity contribution in [3.05, 3.63) is 102 Å². The molecule has 1 unspecified atom stereocenters. The van der Waals surface area contributed by atoms with E-state index in [2.05, 4.69) is 29.2 Å². The summed E-state index contributed by atoms with van der Waals surface area (Å²) in [6.07, 6.45) is 3.85. The number of aromatic amines is 1. The normalized spacial score (nSPS) is 16.4. The molecule has 0 bridgehead atoms. The van der Waals surface area contributed by atoms with Gasteiger partial charge in [0.05, 0.1) is 18.8 Å². The van der Waals surface area contributed by atoms with Gasteiger partial charge >= 0.3 is 0 Å². The Morgan fingerprint density at radius 3 is 2.78 bits per heavy atom. The van der Waals surface area contributed by atoms with Gasteiger partial charge in [-0.15, -0.1) is 0 Å². The van der Waals surface area contributed by atoms with Crippen molar-refractivity contribution >= 4 is 16.8 Å². The number of carbonyl (C=O) groups is 1. The van der Waals surface area contributed by atoms with Gasteiger partial charge in [-0.1, -0.05) is 54.6 Å². The first kappa shape index (κ1) is 20.5. The number of fused-ring (bicyclic) bond motifs is 1. The van der Waals surface area contributed by atoms with Crippen LogP contribution in [-0.2, 0) is 22.4 Å². The number of H-pyrrole nitrogens is 1. The van der Waals surface area contributed by atoms with E-state index >= 15 is 0 Å². The standard InChI is InChI=1S/C27H27N3O2/c31-27(14-13-21-18-28-24-11-5-4-10-23(21)24)30-15-16-32-26(19-30)25-12-6-9-22(29-25)17-20-7-2-1-3-8-20/h1-12,18,26,28H,13-17,19H2. The minimum Gasteiger partial charge on any atom is -0.368 e. The van der Waals surface area contributed by atoms with Crippen molar-refractivity contribution in [2.75, 3.05) is 19.7 Å². The van der Waals surface area contributed by atoms with E-state index in [1.807, 2.05) is 59.6 Å². The summed E-state index contributed by atoms with van der Waals surface area (Å²) >= 11 is 0. The molecule has 1 aliphatic heterocycles. The number of morpholine rings is 1. The number of pyridine rings is 1. The molecule has 2 aromatic carbocycles. The lowest BCUT2D eigenvalue weighted by Gasteiger charge is -2.33. The van der Waals surface area contributed by atoms with Crippen molar-refractivity contribution in [2.45, 2.75) is 25.4 Å². The molecule has 1 fully saturated rings. The van der Waals surface area contributed by atoms with Crippen LogP contribution in [0.4, 0.5) is 0 Å². The molecule has 5 heteroatoms. The fourth-order valence-corrected chi connectivity index (χ4v) is 4.37. The Labute approximate surface area is 188 Å². The highest BCUT2D eigenvalue weighted by molar-refractivity contribution is 5.84. The van der Waals surface area contributed by atoms with Gasteiger partial charge in [0.25, 0.3) is 0 Å². The Balaban J connectivity index is 1.22. The second-order valence-electron chi connectivity index (χ2n) is 8.27.